The molecule has 28 heavy (non-hydrogen) atoms. The molecule has 5 rings (SSSR count). The smallest absolute Gasteiger partial charge is 0.0712 e. The van der Waals surface area contributed by atoms with Gasteiger partial charge in [-0.05, 0) is 48.3 Å². The fourth-order valence-electron chi connectivity index (χ4n) is 4.26. The highest BCUT2D eigenvalue weighted by Crippen LogP contribution is 2.43. The average molecular weight is 362 g/mol. The highest BCUT2D eigenvalue weighted by Gasteiger charge is 2.29. The van der Waals surface area contributed by atoms with Gasteiger partial charge in [-0.15, -0.1) is 0 Å². The molecule has 4 aromatic rings. The van der Waals surface area contributed by atoms with Crippen LogP contribution in [0, 0.1) is 6.92 Å². The molecular weight excluding hydrogens is 340 g/mol. The highest BCUT2D eigenvalue weighted by atomic mass is 15.3. The van der Waals surface area contributed by atoms with Gasteiger partial charge in [-0.3, -0.25) is 0 Å². The first-order valence-corrected chi connectivity index (χ1v) is 9.77. The minimum Gasteiger partial charge on any atom is -0.233 e. The Kier molecular flexibility index (Phi) is 4.17. The molecule has 0 N–H and O–H groups in total. The lowest BCUT2D eigenvalue weighted by atomic mass is 9.79. The molecule has 1 aliphatic carbocycles. The summed E-state index contributed by atoms with van der Waals surface area (Å²) in [6.45, 7) is 2.13. The highest BCUT2D eigenvalue weighted by molar-refractivity contribution is 5.85. The molecule has 1 aromatic heterocycles. The molecule has 0 fully saturated rings. The molecule has 3 aromatic carbocycles. The molecule has 2 heteroatoms. The van der Waals surface area contributed by atoms with Crippen molar-refractivity contribution in [2.75, 3.05) is 0 Å². The lowest BCUT2D eigenvalue weighted by Crippen LogP contribution is -2.10. The van der Waals surface area contributed by atoms with Crippen molar-refractivity contribution < 1.29 is 0 Å². The summed E-state index contributed by atoms with van der Waals surface area (Å²) in [6, 6.07) is 32.0. The summed E-state index contributed by atoms with van der Waals surface area (Å²) in [5.74, 6) is 0.314. The van der Waals surface area contributed by atoms with Crippen molar-refractivity contribution in [3.05, 3.63) is 119 Å². The summed E-state index contributed by atoms with van der Waals surface area (Å²) in [4.78, 5) is 0. The van der Waals surface area contributed by atoms with Crippen LogP contribution in [-0.2, 0) is 0 Å². The molecule has 1 heterocycles. The SMILES string of the molecule is Cc1nn(-c2ccccc2)c2c1C(c1ccccc1)CC(c1ccccc1)=C2. The fourth-order valence-corrected chi connectivity index (χ4v) is 4.26. The van der Waals surface area contributed by atoms with Gasteiger partial charge in [-0.1, -0.05) is 78.9 Å². The molecule has 1 unspecified atom stereocenters. The lowest BCUT2D eigenvalue weighted by molar-refractivity contribution is 0.819. The molecule has 0 saturated heterocycles. The summed E-state index contributed by atoms with van der Waals surface area (Å²) in [5, 5.41) is 4.94. The number of fused-ring (bicyclic) bond motifs is 1. The summed E-state index contributed by atoms with van der Waals surface area (Å²) in [5.41, 5.74) is 8.74. The molecule has 0 radical (unpaired) electrons. The van der Waals surface area contributed by atoms with Gasteiger partial charge in [0.15, 0.2) is 0 Å². The number of para-hydroxylation sites is 1. The second kappa shape index (κ2) is 6.97. The molecular formula is C26H22N2. The Bertz CT molecular complexity index is 1120. The largest absolute Gasteiger partial charge is 0.233 e. The van der Waals surface area contributed by atoms with E-state index >= 15 is 0 Å². The maximum Gasteiger partial charge on any atom is 0.0712 e. The first kappa shape index (κ1) is 16.8. The van der Waals surface area contributed by atoms with E-state index in [0.717, 1.165) is 17.8 Å². The van der Waals surface area contributed by atoms with E-state index in [1.165, 1.54) is 28.0 Å². The zero-order valence-corrected chi connectivity index (χ0v) is 15.9. The monoisotopic (exact) mass is 362 g/mol. The molecule has 1 aliphatic rings. The normalized spacial score (nSPS) is 15.8. The third-order valence-electron chi connectivity index (χ3n) is 5.57. The van der Waals surface area contributed by atoms with Crippen molar-refractivity contribution in [2.45, 2.75) is 19.3 Å². The number of nitrogens with zero attached hydrogens (tertiary/aromatic N) is 2. The van der Waals surface area contributed by atoms with Crippen LogP contribution in [0.1, 0.15) is 40.4 Å². The zero-order valence-electron chi connectivity index (χ0n) is 15.9. The predicted octanol–water partition coefficient (Wildman–Crippen LogP) is 6.26. The number of rotatable bonds is 3. The number of benzene rings is 3. The zero-order chi connectivity index (χ0) is 18.9. The van der Waals surface area contributed by atoms with Crippen molar-refractivity contribution in [2.24, 2.45) is 0 Å². The Hall–Kier alpha value is -3.39. The van der Waals surface area contributed by atoms with Crippen molar-refractivity contribution in [3.8, 4) is 5.69 Å². The van der Waals surface area contributed by atoms with Gasteiger partial charge in [-0.25, -0.2) is 4.68 Å². The van der Waals surface area contributed by atoms with Crippen molar-refractivity contribution in [1.29, 1.82) is 0 Å². The first-order chi connectivity index (χ1) is 13.8. The Morgan fingerprint density at radius 2 is 1.39 bits per heavy atom. The van der Waals surface area contributed by atoms with Crippen LogP contribution in [0.5, 0.6) is 0 Å². The van der Waals surface area contributed by atoms with Crippen LogP contribution < -0.4 is 0 Å². The van der Waals surface area contributed by atoms with Crippen molar-refractivity contribution in [3.63, 3.8) is 0 Å². The van der Waals surface area contributed by atoms with Gasteiger partial charge in [0.1, 0.15) is 0 Å². The molecule has 2 nitrogen and oxygen atoms in total. The molecule has 0 amide bonds. The molecule has 0 saturated carbocycles. The number of hydrogen-bond donors (Lipinski definition) is 0. The number of aromatic nitrogens is 2. The minimum atomic E-state index is 0.314. The molecule has 0 aliphatic heterocycles. The Morgan fingerprint density at radius 1 is 0.786 bits per heavy atom. The summed E-state index contributed by atoms with van der Waals surface area (Å²) in [7, 11) is 0. The standard InChI is InChI=1S/C26H22N2/c1-19-26-24(21-13-7-3-8-14-21)17-22(20-11-5-2-6-12-20)18-25(26)28(27-19)23-15-9-4-10-16-23/h2-16,18,24H,17H2,1H3. The first-order valence-electron chi connectivity index (χ1n) is 9.77. The second-order valence-electron chi connectivity index (χ2n) is 7.33. The van der Waals surface area contributed by atoms with Gasteiger partial charge in [0.05, 0.1) is 17.1 Å². The van der Waals surface area contributed by atoms with Gasteiger partial charge >= 0.3 is 0 Å². The second-order valence-corrected chi connectivity index (χ2v) is 7.33. The van der Waals surface area contributed by atoms with Crippen LogP contribution in [0.2, 0.25) is 0 Å². The number of allylic oxidation sites excluding steroid dienone is 1. The van der Waals surface area contributed by atoms with E-state index in [1.807, 2.05) is 6.07 Å². The maximum atomic E-state index is 4.94. The lowest BCUT2D eigenvalue weighted by Gasteiger charge is -2.25. The van der Waals surface area contributed by atoms with Gasteiger partial charge < -0.3 is 0 Å². The van der Waals surface area contributed by atoms with E-state index in [9.17, 15) is 0 Å². The van der Waals surface area contributed by atoms with E-state index in [2.05, 4.69) is 103 Å². The van der Waals surface area contributed by atoms with Crippen molar-refractivity contribution >= 4 is 11.6 Å². The van der Waals surface area contributed by atoms with Gasteiger partial charge in [0.2, 0.25) is 0 Å². The van der Waals surface area contributed by atoms with Crippen LogP contribution in [0.15, 0.2) is 91.0 Å². The molecule has 136 valence electrons. The van der Waals surface area contributed by atoms with E-state index in [4.69, 9.17) is 5.10 Å². The minimum absolute atomic E-state index is 0.314. The van der Waals surface area contributed by atoms with E-state index in [0.29, 0.717) is 5.92 Å². The van der Waals surface area contributed by atoms with E-state index in [-0.39, 0.29) is 0 Å². The molecule has 1 atom stereocenters. The van der Waals surface area contributed by atoms with E-state index < -0.39 is 0 Å². The Labute approximate surface area is 165 Å². The third-order valence-corrected chi connectivity index (χ3v) is 5.57. The van der Waals surface area contributed by atoms with Gasteiger partial charge in [0.25, 0.3) is 0 Å². The summed E-state index contributed by atoms with van der Waals surface area (Å²) >= 11 is 0. The predicted molar refractivity (Wildman–Crippen MR) is 116 cm³/mol. The fraction of sp³-hybridized carbons (Fsp3) is 0.115. The van der Waals surface area contributed by atoms with E-state index in [1.54, 1.807) is 0 Å². The Morgan fingerprint density at radius 3 is 2.07 bits per heavy atom. The van der Waals surface area contributed by atoms with Gasteiger partial charge in [-0.2, -0.15) is 5.10 Å². The quantitative estimate of drug-likeness (QED) is 0.421. The summed E-state index contributed by atoms with van der Waals surface area (Å²) in [6.07, 6.45) is 3.32. The van der Waals surface area contributed by atoms with Gasteiger partial charge in [0, 0.05) is 11.5 Å². The van der Waals surface area contributed by atoms with Crippen LogP contribution in [-0.4, -0.2) is 9.78 Å². The number of aryl methyl sites for hydroxylation is 1. The van der Waals surface area contributed by atoms with Crippen LogP contribution >= 0.6 is 0 Å². The maximum absolute atomic E-state index is 4.94. The Balaban J connectivity index is 1.74. The number of hydrogen-bond acceptors (Lipinski definition) is 1. The topological polar surface area (TPSA) is 17.8 Å². The van der Waals surface area contributed by atoms with Crippen LogP contribution in [0.25, 0.3) is 17.3 Å². The summed E-state index contributed by atoms with van der Waals surface area (Å²) < 4.78 is 2.10. The molecule has 0 bridgehead atoms. The van der Waals surface area contributed by atoms with Crippen LogP contribution in [0.4, 0.5) is 0 Å². The molecule has 0 spiro atoms. The van der Waals surface area contributed by atoms with Crippen LogP contribution in [0.3, 0.4) is 0 Å². The average Bonchev–Trinajstić information content (AvgIpc) is 3.11. The van der Waals surface area contributed by atoms with Crippen molar-refractivity contribution in [1.82, 2.24) is 9.78 Å². The third kappa shape index (κ3) is 2.87.